The van der Waals surface area contributed by atoms with Gasteiger partial charge in [0.2, 0.25) is 15.7 Å². The van der Waals surface area contributed by atoms with Crippen LogP contribution in [0.25, 0.3) is 10.8 Å². The summed E-state index contributed by atoms with van der Waals surface area (Å²) in [6, 6.07) is 9.19. The van der Waals surface area contributed by atoms with Gasteiger partial charge in [0.25, 0.3) is 11.4 Å². The van der Waals surface area contributed by atoms with E-state index in [0.29, 0.717) is 29.9 Å². The summed E-state index contributed by atoms with van der Waals surface area (Å²) >= 11 is 0. The molecule has 0 radical (unpaired) electrons. The van der Waals surface area contributed by atoms with Gasteiger partial charge in [-0.2, -0.15) is 5.10 Å². The first-order valence-corrected chi connectivity index (χ1v) is 11.4. The first-order chi connectivity index (χ1) is 16.0. The number of sulfone groups is 1. The Balaban J connectivity index is 1.48. The van der Waals surface area contributed by atoms with Gasteiger partial charge in [0.1, 0.15) is 13.2 Å². The van der Waals surface area contributed by atoms with Crippen LogP contribution in [0.5, 0.6) is 17.5 Å². The molecule has 4 aromatic rings. The van der Waals surface area contributed by atoms with E-state index in [1.54, 1.807) is 18.3 Å². The second-order valence-corrected chi connectivity index (χ2v) is 9.19. The Hall–Kier alpha value is -3.99. The van der Waals surface area contributed by atoms with Crippen LogP contribution < -0.4 is 19.8 Å². The Bertz CT molecular complexity index is 1520. The number of rotatable bonds is 5. The van der Waals surface area contributed by atoms with Crippen LogP contribution in [0.3, 0.4) is 0 Å². The summed E-state index contributed by atoms with van der Waals surface area (Å²) in [5, 5.41) is 4.96. The maximum absolute atomic E-state index is 13.2. The molecule has 0 amide bonds. The Labute approximate surface area is 188 Å². The molecular formula is C22H18N4O6S. The standard InChI is InChI=1S/C22H18N4O6S/c1-30-20-5-2-14(10-23-20)13-26-22(27)18-4-3-16(8-15(18)11-25-26)33(28,29)17-9-19-21(24-12-17)32-7-6-31-19/h2-5,8-12H,6-7,13H2,1H3. The van der Waals surface area contributed by atoms with E-state index < -0.39 is 9.84 Å². The molecule has 0 N–H and O–H groups in total. The minimum atomic E-state index is -3.90. The van der Waals surface area contributed by atoms with Gasteiger partial charge < -0.3 is 14.2 Å². The number of nitrogens with zero attached hydrogens (tertiary/aromatic N) is 4. The molecule has 5 rings (SSSR count). The average Bonchev–Trinajstić information content (AvgIpc) is 2.85. The number of hydrogen-bond acceptors (Lipinski definition) is 9. The lowest BCUT2D eigenvalue weighted by molar-refractivity contribution is 0.163. The van der Waals surface area contributed by atoms with Gasteiger partial charge in [-0.1, -0.05) is 6.07 Å². The van der Waals surface area contributed by atoms with E-state index in [2.05, 4.69) is 15.1 Å². The molecule has 0 fully saturated rings. The molecule has 11 heteroatoms. The number of benzene rings is 1. The predicted octanol–water partition coefficient (Wildman–Crippen LogP) is 1.85. The largest absolute Gasteiger partial charge is 0.484 e. The smallest absolute Gasteiger partial charge is 0.274 e. The SMILES string of the molecule is COc1ccc(Cn2ncc3cc(S(=O)(=O)c4cnc5c(c4)OCCO5)ccc3c2=O)cn1. The highest BCUT2D eigenvalue weighted by molar-refractivity contribution is 7.91. The maximum Gasteiger partial charge on any atom is 0.274 e. The van der Waals surface area contributed by atoms with Crippen molar-refractivity contribution in [2.75, 3.05) is 20.3 Å². The van der Waals surface area contributed by atoms with E-state index in [1.807, 2.05) is 0 Å². The zero-order valence-electron chi connectivity index (χ0n) is 17.5. The molecule has 0 aliphatic carbocycles. The van der Waals surface area contributed by atoms with E-state index in [9.17, 15) is 13.2 Å². The molecule has 1 aromatic carbocycles. The normalized spacial score (nSPS) is 13.1. The second kappa shape index (κ2) is 8.17. The Morgan fingerprint density at radius 3 is 2.64 bits per heavy atom. The van der Waals surface area contributed by atoms with Crippen molar-refractivity contribution in [1.82, 2.24) is 19.7 Å². The van der Waals surface area contributed by atoms with E-state index in [1.165, 1.54) is 48.5 Å². The summed E-state index contributed by atoms with van der Waals surface area (Å²) in [6.07, 6.45) is 4.30. The fourth-order valence-electron chi connectivity index (χ4n) is 3.44. The number of methoxy groups -OCH3 is 1. The summed E-state index contributed by atoms with van der Waals surface area (Å²) in [6.45, 7) is 0.893. The van der Waals surface area contributed by atoms with Gasteiger partial charge in [-0.25, -0.2) is 23.1 Å². The summed E-state index contributed by atoms with van der Waals surface area (Å²) in [7, 11) is -2.37. The zero-order valence-corrected chi connectivity index (χ0v) is 18.3. The minimum Gasteiger partial charge on any atom is -0.484 e. The van der Waals surface area contributed by atoms with Crippen LogP contribution in [0.1, 0.15) is 5.56 Å². The summed E-state index contributed by atoms with van der Waals surface area (Å²) in [5.74, 6) is 1.01. The number of aromatic nitrogens is 4. The van der Waals surface area contributed by atoms with Gasteiger partial charge in [-0.3, -0.25) is 4.79 Å². The number of pyridine rings is 2. The second-order valence-electron chi connectivity index (χ2n) is 7.24. The topological polar surface area (TPSA) is 123 Å². The predicted molar refractivity (Wildman–Crippen MR) is 117 cm³/mol. The minimum absolute atomic E-state index is 0.0202. The lowest BCUT2D eigenvalue weighted by Crippen LogP contribution is -2.23. The first kappa shape index (κ1) is 20.9. The third-order valence-corrected chi connectivity index (χ3v) is 6.88. The van der Waals surface area contributed by atoms with Gasteiger partial charge in [-0.15, -0.1) is 0 Å². The molecule has 0 saturated heterocycles. The lowest BCUT2D eigenvalue weighted by atomic mass is 10.2. The fraction of sp³-hybridized carbons (Fsp3) is 0.182. The summed E-state index contributed by atoms with van der Waals surface area (Å²) < 4.78 is 43.4. The van der Waals surface area contributed by atoms with Crippen molar-refractivity contribution in [2.24, 2.45) is 0 Å². The Morgan fingerprint density at radius 1 is 1.00 bits per heavy atom. The molecule has 0 saturated carbocycles. The maximum atomic E-state index is 13.2. The third kappa shape index (κ3) is 3.87. The Morgan fingerprint density at radius 2 is 1.85 bits per heavy atom. The number of hydrogen-bond donors (Lipinski definition) is 0. The van der Waals surface area contributed by atoms with E-state index in [-0.39, 0.29) is 33.5 Å². The van der Waals surface area contributed by atoms with Crippen LogP contribution in [0.2, 0.25) is 0 Å². The van der Waals surface area contributed by atoms with Crippen molar-refractivity contribution >= 4 is 20.6 Å². The third-order valence-electron chi connectivity index (χ3n) is 5.16. The quantitative estimate of drug-likeness (QED) is 0.433. The molecule has 0 unspecified atom stereocenters. The zero-order chi connectivity index (χ0) is 23.0. The highest BCUT2D eigenvalue weighted by atomic mass is 32.2. The highest BCUT2D eigenvalue weighted by Gasteiger charge is 2.23. The molecule has 1 aliphatic heterocycles. The first-order valence-electron chi connectivity index (χ1n) is 9.95. The van der Waals surface area contributed by atoms with Crippen LogP contribution in [0.4, 0.5) is 0 Å². The number of fused-ring (bicyclic) bond motifs is 2. The highest BCUT2D eigenvalue weighted by Crippen LogP contribution is 2.32. The van der Waals surface area contributed by atoms with Crippen molar-refractivity contribution in [3.05, 3.63) is 70.9 Å². The molecule has 33 heavy (non-hydrogen) atoms. The van der Waals surface area contributed by atoms with Crippen LogP contribution in [-0.2, 0) is 16.4 Å². The van der Waals surface area contributed by atoms with Crippen LogP contribution in [0.15, 0.2) is 69.6 Å². The fourth-order valence-corrected chi connectivity index (χ4v) is 4.70. The molecule has 3 aromatic heterocycles. The van der Waals surface area contributed by atoms with Crippen molar-refractivity contribution < 1.29 is 22.6 Å². The molecule has 0 bridgehead atoms. The molecule has 10 nitrogen and oxygen atoms in total. The van der Waals surface area contributed by atoms with Gasteiger partial charge >= 0.3 is 0 Å². The van der Waals surface area contributed by atoms with Crippen LogP contribution in [0, 0.1) is 0 Å². The van der Waals surface area contributed by atoms with Crippen LogP contribution >= 0.6 is 0 Å². The van der Waals surface area contributed by atoms with Gasteiger partial charge in [0.15, 0.2) is 5.75 Å². The summed E-state index contributed by atoms with van der Waals surface area (Å²) in [5.41, 5.74) is 0.434. The molecule has 0 spiro atoms. The molecule has 168 valence electrons. The van der Waals surface area contributed by atoms with E-state index in [4.69, 9.17) is 14.2 Å². The molecular weight excluding hydrogens is 448 g/mol. The number of ether oxygens (including phenoxy) is 3. The monoisotopic (exact) mass is 466 g/mol. The van der Waals surface area contributed by atoms with Gasteiger partial charge in [-0.05, 0) is 23.8 Å². The summed E-state index contributed by atoms with van der Waals surface area (Å²) in [4.78, 5) is 21.1. The van der Waals surface area contributed by atoms with Gasteiger partial charge in [0, 0.05) is 23.7 Å². The lowest BCUT2D eigenvalue weighted by Gasteiger charge is -2.17. The van der Waals surface area contributed by atoms with Crippen molar-refractivity contribution in [3.63, 3.8) is 0 Å². The van der Waals surface area contributed by atoms with Gasteiger partial charge in [0.05, 0.1) is 41.2 Å². The molecule has 4 heterocycles. The van der Waals surface area contributed by atoms with E-state index in [0.717, 1.165) is 5.56 Å². The van der Waals surface area contributed by atoms with Crippen molar-refractivity contribution in [3.8, 4) is 17.5 Å². The average molecular weight is 466 g/mol. The Kier molecular flexibility index (Phi) is 5.17. The van der Waals surface area contributed by atoms with Crippen LogP contribution in [-0.4, -0.2) is 48.5 Å². The van der Waals surface area contributed by atoms with Crippen molar-refractivity contribution in [2.45, 2.75) is 16.3 Å². The van der Waals surface area contributed by atoms with Crippen molar-refractivity contribution in [1.29, 1.82) is 0 Å². The molecule has 0 atom stereocenters. The molecule has 1 aliphatic rings. The van der Waals surface area contributed by atoms with E-state index >= 15 is 0 Å².